The van der Waals surface area contributed by atoms with Gasteiger partial charge in [0.05, 0.1) is 18.5 Å². The molecule has 0 heterocycles. The fourth-order valence-corrected chi connectivity index (χ4v) is 1.88. The van der Waals surface area contributed by atoms with E-state index in [9.17, 15) is 0 Å². The summed E-state index contributed by atoms with van der Waals surface area (Å²) in [5.74, 6) is 1.66. The van der Waals surface area contributed by atoms with Gasteiger partial charge in [0.25, 0.3) is 0 Å². The molecule has 4 nitrogen and oxygen atoms in total. The van der Waals surface area contributed by atoms with Gasteiger partial charge < -0.3 is 20.5 Å². The van der Waals surface area contributed by atoms with E-state index in [0.717, 1.165) is 17.2 Å². The SMILES string of the molecule is COc1ccc(N)c(NCCOc2cccc(C)c2)c1. The number of rotatable bonds is 6. The van der Waals surface area contributed by atoms with Gasteiger partial charge in [0, 0.05) is 12.6 Å². The molecule has 0 unspecified atom stereocenters. The summed E-state index contributed by atoms with van der Waals surface area (Å²) in [5.41, 5.74) is 8.64. The Labute approximate surface area is 119 Å². The van der Waals surface area contributed by atoms with Crippen molar-refractivity contribution in [2.24, 2.45) is 0 Å². The second kappa shape index (κ2) is 6.70. The van der Waals surface area contributed by atoms with Crippen molar-refractivity contribution in [2.45, 2.75) is 6.92 Å². The number of nitrogens with one attached hydrogen (secondary N) is 1. The predicted octanol–water partition coefficient (Wildman–Crippen LogP) is 3.08. The van der Waals surface area contributed by atoms with E-state index in [1.165, 1.54) is 5.56 Å². The van der Waals surface area contributed by atoms with Crippen LogP contribution in [0.5, 0.6) is 11.5 Å². The number of anilines is 2. The molecular weight excluding hydrogens is 252 g/mol. The van der Waals surface area contributed by atoms with Crippen molar-refractivity contribution in [1.82, 2.24) is 0 Å². The third-order valence-electron chi connectivity index (χ3n) is 2.94. The molecule has 0 atom stereocenters. The van der Waals surface area contributed by atoms with Crippen LogP contribution in [0, 0.1) is 6.92 Å². The molecular formula is C16H20N2O2. The zero-order valence-corrected chi connectivity index (χ0v) is 11.8. The van der Waals surface area contributed by atoms with Crippen molar-refractivity contribution in [2.75, 3.05) is 31.3 Å². The second-order valence-electron chi connectivity index (χ2n) is 4.54. The molecule has 0 radical (unpaired) electrons. The van der Waals surface area contributed by atoms with Crippen molar-refractivity contribution in [3.63, 3.8) is 0 Å². The van der Waals surface area contributed by atoms with E-state index in [0.29, 0.717) is 18.8 Å². The lowest BCUT2D eigenvalue weighted by Crippen LogP contribution is -2.12. The molecule has 2 rings (SSSR count). The topological polar surface area (TPSA) is 56.5 Å². The molecule has 0 fully saturated rings. The summed E-state index contributed by atoms with van der Waals surface area (Å²) in [7, 11) is 1.64. The molecule has 2 aromatic rings. The van der Waals surface area contributed by atoms with Crippen LogP contribution in [-0.2, 0) is 0 Å². The number of nitrogen functional groups attached to an aromatic ring is 1. The highest BCUT2D eigenvalue weighted by Gasteiger charge is 2.01. The molecule has 3 N–H and O–H groups in total. The van der Waals surface area contributed by atoms with Crippen molar-refractivity contribution in [3.05, 3.63) is 48.0 Å². The fourth-order valence-electron chi connectivity index (χ4n) is 1.88. The quantitative estimate of drug-likeness (QED) is 0.627. The molecule has 2 aromatic carbocycles. The Morgan fingerprint density at radius 3 is 2.70 bits per heavy atom. The fraction of sp³-hybridized carbons (Fsp3) is 0.250. The van der Waals surface area contributed by atoms with Gasteiger partial charge in [-0.2, -0.15) is 0 Å². The number of hydrogen-bond donors (Lipinski definition) is 2. The molecule has 0 aromatic heterocycles. The number of hydrogen-bond acceptors (Lipinski definition) is 4. The maximum atomic E-state index is 5.90. The molecule has 0 amide bonds. The number of aryl methyl sites for hydroxylation is 1. The van der Waals surface area contributed by atoms with Crippen LogP contribution >= 0.6 is 0 Å². The third kappa shape index (κ3) is 3.82. The highest BCUT2D eigenvalue weighted by Crippen LogP contribution is 2.24. The highest BCUT2D eigenvalue weighted by molar-refractivity contribution is 5.68. The lowest BCUT2D eigenvalue weighted by atomic mass is 10.2. The standard InChI is InChI=1S/C16H20N2O2/c1-12-4-3-5-14(10-12)20-9-8-18-16-11-13(19-2)6-7-15(16)17/h3-7,10-11,18H,8-9,17H2,1-2H3. The van der Waals surface area contributed by atoms with Gasteiger partial charge in [-0.05, 0) is 36.8 Å². The predicted molar refractivity (Wildman–Crippen MR) is 82.6 cm³/mol. The number of nitrogens with two attached hydrogens (primary N) is 1. The minimum Gasteiger partial charge on any atom is -0.497 e. The molecule has 0 bridgehead atoms. The average molecular weight is 272 g/mol. The maximum Gasteiger partial charge on any atom is 0.121 e. The van der Waals surface area contributed by atoms with E-state index in [1.807, 2.05) is 49.4 Å². The van der Waals surface area contributed by atoms with E-state index in [4.69, 9.17) is 15.2 Å². The van der Waals surface area contributed by atoms with Gasteiger partial charge in [0.1, 0.15) is 18.1 Å². The number of benzene rings is 2. The summed E-state index contributed by atoms with van der Waals surface area (Å²) in [5, 5.41) is 3.24. The van der Waals surface area contributed by atoms with E-state index >= 15 is 0 Å². The zero-order chi connectivity index (χ0) is 14.4. The highest BCUT2D eigenvalue weighted by atomic mass is 16.5. The second-order valence-corrected chi connectivity index (χ2v) is 4.54. The lowest BCUT2D eigenvalue weighted by Gasteiger charge is -2.12. The van der Waals surface area contributed by atoms with Crippen molar-refractivity contribution in [3.8, 4) is 11.5 Å². The van der Waals surface area contributed by atoms with Crippen molar-refractivity contribution < 1.29 is 9.47 Å². The van der Waals surface area contributed by atoms with Crippen molar-refractivity contribution in [1.29, 1.82) is 0 Å². The zero-order valence-electron chi connectivity index (χ0n) is 11.8. The minimum absolute atomic E-state index is 0.570. The lowest BCUT2D eigenvalue weighted by molar-refractivity contribution is 0.332. The Morgan fingerprint density at radius 2 is 1.95 bits per heavy atom. The summed E-state index contributed by atoms with van der Waals surface area (Å²) in [4.78, 5) is 0. The van der Waals surface area contributed by atoms with E-state index in [1.54, 1.807) is 7.11 Å². The van der Waals surface area contributed by atoms with Crippen LogP contribution in [0.25, 0.3) is 0 Å². The van der Waals surface area contributed by atoms with Gasteiger partial charge in [-0.3, -0.25) is 0 Å². The van der Waals surface area contributed by atoms with E-state index < -0.39 is 0 Å². The van der Waals surface area contributed by atoms with Gasteiger partial charge in [0.15, 0.2) is 0 Å². The van der Waals surface area contributed by atoms with Crippen LogP contribution in [0.1, 0.15) is 5.56 Å². The van der Waals surface area contributed by atoms with Gasteiger partial charge in [0.2, 0.25) is 0 Å². The first-order chi connectivity index (χ1) is 9.69. The largest absolute Gasteiger partial charge is 0.497 e. The van der Waals surface area contributed by atoms with Crippen molar-refractivity contribution >= 4 is 11.4 Å². The Morgan fingerprint density at radius 1 is 1.10 bits per heavy atom. The van der Waals surface area contributed by atoms with Crippen LogP contribution < -0.4 is 20.5 Å². The summed E-state index contributed by atoms with van der Waals surface area (Å²) < 4.78 is 10.8. The molecule has 0 saturated heterocycles. The number of methoxy groups -OCH3 is 1. The molecule has 0 aliphatic carbocycles. The van der Waals surface area contributed by atoms with Crippen LogP contribution in [0.4, 0.5) is 11.4 Å². The summed E-state index contributed by atoms with van der Waals surface area (Å²) in [6, 6.07) is 13.5. The van der Waals surface area contributed by atoms with Gasteiger partial charge >= 0.3 is 0 Å². The number of ether oxygens (including phenoxy) is 2. The van der Waals surface area contributed by atoms with Crippen LogP contribution in [-0.4, -0.2) is 20.3 Å². The van der Waals surface area contributed by atoms with E-state index in [2.05, 4.69) is 5.32 Å². The normalized spacial score (nSPS) is 10.1. The van der Waals surface area contributed by atoms with Crippen LogP contribution in [0.15, 0.2) is 42.5 Å². The molecule has 0 aliphatic rings. The average Bonchev–Trinajstić information content (AvgIpc) is 2.45. The van der Waals surface area contributed by atoms with Crippen LogP contribution in [0.3, 0.4) is 0 Å². The molecule has 0 aliphatic heterocycles. The Bertz CT molecular complexity index is 570. The smallest absolute Gasteiger partial charge is 0.121 e. The molecule has 0 spiro atoms. The molecule has 0 saturated carbocycles. The monoisotopic (exact) mass is 272 g/mol. The Balaban J connectivity index is 1.84. The van der Waals surface area contributed by atoms with Gasteiger partial charge in [-0.1, -0.05) is 12.1 Å². The van der Waals surface area contributed by atoms with Crippen LogP contribution in [0.2, 0.25) is 0 Å². The molecule has 20 heavy (non-hydrogen) atoms. The first kappa shape index (κ1) is 14.1. The maximum absolute atomic E-state index is 5.90. The van der Waals surface area contributed by atoms with Gasteiger partial charge in [-0.25, -0.2) is 0 Å². The first-order valence-electron chi connectivity index (χ1n) is 6.56. The van der Waals surface area contributed by atoms with Gasteiger partial charge in [-0.15, -0.1) is 0 Å². The van der Waals surface area contributed by atoms with E-state index in [-0.39, 0.29) is 0 Å². The minimum atomic E-state index is 0.570. The molecule has 4 heteroatoms. The first-order valence-corrected chi connectivity index (χ1v) is 6.56. The third-order valence-corrected chi connectivity index (χ3v) is 2.94. The summed E-state index contributed by atoms with van der Waals surface area (Å²) in [6.45, 7) is 3.29. The Hall–Kier alpha value is -2.36. The summed E-state index contributed by atoms with van der Waals surface area (Å²) >= 11 is 0. The summed E-state index contributed by atoms with van der Waals surface area (Å²) in [6.07, 6.45) is 0. The Kier molecular flexibility index (Phi) is 4.71. The molecule has 106 valence electrons.